The van der Waals surface area contributed by atoms with E-state index < -0.39 is 4.92 Å². The van der Waals surface area contributed by atoms with Crippen LogP contribution in [0.2, 0.25) is 0 Å². The van der Waals surface area contributed by atoms with Gasteiger partial charge in [-0.2, -0.15) is 0 Å². The average Bonchev–Trinajstić information content (AvgIpc) is 3.18. The van der Waals surface area contributed by atoms with Crippen molar-refractivity contribution >= 4 is 5.69 Å². The summed E-state index contributed by atoms with van der Waals surface area (Å²) in [6, 6.07) is 4.51. The Kier molecular flexibility index (Phi) is 4.24. The van der Waals surface area contributed by atoms with Crippen molar-refractivity contribution in [2.45, 2.75) is 26.7 Å². The molecule has 0 spiro atoms. The van der Waals surface area contributed by atoms with Crippen molar-refractivity contribution in [2.75, 3.05) is 13.2 Å². The molecule has 1 aliphatic rings. The van der Waals surface area contributed by atoms with Gasteiger partial charge >= 0.3 is 0 Å². The highest BCUT2D eigenvalue weighted by atomic mass is 16.6. The molecule has 5 heteroatoms. The van der Waals surface area contributed by atoms with E-state index >= 15 is 0 Å². The second-order valence-electron chi connectivity index (χ2n) is 5.35. The third-order valence-corrected chi connectivity index (χ3v) is 2.88. The average molecular weight is 265 g/mol. The molecule has 0 heterocycles. The van der Waals surface area contributed by atoms with Crippen molar-refractivity contribution in [2.24, 2.45) is 11.8 Å². The number of non-ortho nitro benzene ring substituents is 1. The molecule has 104 valence electrons. The highest BCUT2D eigenvalue weighted by Gasteiger charge is 2.23. The van der Waals surface area contributed by atoms with Crippen molar-refractivity contribution < 1.29 is 14.4 Å². The second kappa shape index (κ2) is 5.91. The molecule has 1 aromatic rings. The number of hydrogen-bond donors (Lipinski definition) is 0. The van der Waals surface area contributed by atoms with Gasteiger partial charge in [-0.3, -0.25) is 10.1 Å². The van der Waals surface area contributed by atoms with Crippen LogP contribution in [0.1, 0.15) is 26.7 Å². The summed E-state index contributed by atoms with van der Waals surface area (Å²) in [6.45, 7) is 5.24. The summed E-state index contributed by atoms with van der Waals surface area (Å²) < 4.78 is 11.3. The minimum absolute atomic E-state index is 0.0255. The van der Waals surface area contributed by atoms with Gasteiger partial charge < -0.3 is 9.47 Å². The maximum atomic E-state index is 10.8. The molecular weight excluding hydrogens is 246 g/mol. The first-order valence-corrected chi connectivity index (χ1v) is 6.60. The van der Waals surface area contributed by atoms with Crippen molar-refractivity contribution in [3.05, 3.63) is 28.3 Å². The highest BCUT2D eigenvalue weighted by Crippen LogP contribution is 2.35. The largest absolute Gasteiger partial charge is 0.489 e. The van der Waals surface area contributed by atoms with E-state index in [9.17, 15) is 10.1 Å². The SMILES string of the molecule is CC(C)COc1cc([N+](=O)[O-])ccc1OCC1CC1. The van der Waals surface area contributed by atoms with Crippen LogP contribution in [0.4, 0.5) is 5.69 Å². The van der Waals surface area contributed by atoms with Gasteiger partial charge in [0.15, 0.2) is 11.5 Å². The van der Waals surface area contributed by atoms with Crippen LogP contribution >= 0.6 is 0 Å². The lowest BCUT2D eigenvalue weighted by atomic mass is 10.2. The van der Waals surface area contributed by atoms with Gasteiger partial charge in [-0.1, -0.05) is 13.8 Å². The molecule has 0 amide bonds. The van der Waals surface area contributed by atoms with Gasteiger partial charge in [0.25, 0.3) is 5.69 Å². The maximum Gasteiger partial charge on any atom is 0.273 e. The lowest BCUT2D eigenvalue weighted by Gasteiger charge is -2.13. The molecule has 0 bridgehead atoms. The van der Waals surface area contributed by atoms with E-state index in [1.807, 2.05) is 13.8 Å². The van der Waals surface area contributed by atoms with E-state index in [0.29, 0.717) is 36.5 Å². The molecule has 0 N–H and O–H groups in total. The number of rotatable bonds is 7. The van der Waals surface area contributed by atoms with Gasteiger partial charge in [-0.25, -0.2) is 0 Å². The Labute approximate surface area is 112 Å². The summed E-state index contributed by atoms with van der Waals surface area (Å²) in [5.74, 6) is 2.05. The molecule has 0 aromatic heterocycles. The zero-order chi connectivity index (χ0) is 13.8. The minimum Gasteiger partial charge on any atom is -0.489 e. The molecule has 0 atom stereocenters. The highest BCUT2D eigenvalue weighted by molar-refractivity contribution is 5.48. The van der Waals surface area contributed by atoms with Gasteiger partial charge in [-0.15, -0.1) is 0 Å². The fourth-order valence-corrected chi connectivity index (χ4v) is 1.59. The summed E-state index contributed by atoms with van der Waals surface area (Å²) in [5.41, 5.74) is 0.0255. The van der Waals surface area contributed by atoms with Gasteiger partial charge in [0.2, 0.25) is 0 Å². The first kappa shape index (κ1) is 13.6. The molecule has 2 rings (SSSR count). The van der Waals surface area contributed by atoms with Crippen LogP contribution in [-0.4, -0.2) is 18.1 Å². The van der Waals surface area contributed by atoms with Crippen LogP contribution < -0.4 is 9.47 Å². The quantitative estimate of drug-likeness (QED) is 0.560. The smallest absolute Gasteiger partial charge is 0.273 e. The van der Waals surface area contributed by atoms with Crippen LogP contribution in [0.3, 0.4) is 0 Å². The molecule has 0 unspecified atom stereocenters. The Morgan fingerprint density at radius 1 is 1.32 bits per heavy atom. The standard InChI is InChI=1S/C14H19NO4/c1-10(2)8-18-14-7-12(15(16)17)5-6-13(14)19-9-11-3-4-11/h5-7,10-11H,3-4,8-9H2,1-2H3. The topological polar surface area (TPSA) is 61.6 Å². The number of nitro groups is 1. The molecule has 0 saturated heterocycles. The van der Waals surface area contributed by atoms with Gasteiger partial charge in [0, 0.05) is 6.07 Å². The summed E-state index contributed by atoms with van der Waals surface area (Å²) in [4.78, 5) is 10.4. The van der Waals surface area contributed by atoms with Crippen molar-refractivity contribution in [3.63, 3.8) is 0 Å². The summed E-state index contributed by atoms with van der Waals surface area (Å²) >= 11 is 0. The minimum atomic E-state index is -0.424. The zero-order valence-electron chi connectivity index (χ0n) is 11.3. The van der Waals surface area contributed by atoms with Crippen molar-refractivity contribution in [3.8, 4) is 11.5 Å². The summed E-state index contributed by atoms with van der Waals surface area (Å²) in [5, 5.41) is 10.8. The fraction of sp³-hybridized carbons (Fsp3) is 0.571. The Bertz CT molecular complexity index is 455. The molecule has 1 aliphatic carbocycles. The van der Waals surface area contributed by atoms with E-state index in [0.717, 1.165) is 0 Å². The van der Waals surface area contributed by atoms with E-state index in [2.05, 4.69) is 0 Å². The van der Waals surface area contributed by atoms with E-state index in [4.69, 9.17) is 9.47 Å². The summed E-state index contributed by atoms with van der Waals surface area (Å²) in [7, 11) is 0. The van der Waals surface area contributed by atoms with Crippen LogP contribution in [0, 0.1) is 22.0 Å². The summed E-state index contributed by atoms with van der Waals surface area (Å²) in [6.07, 6.45) is 2.41. The molecular formula is C14H19NO4. The zero-order valence-corrected chi connectivity index (χ0v) is 11.3. The Balaban J connectivity index is 2.10. The number of nitro benzene ring substituents is 1. The monoisotopic (exact) mass is 265 g/mol. The predicted molar refractivity (Wildman–Crippen MR) is 71.6 cm³/mol. The lowest BCUT2D eigenvalue weighted by molar-refractivity contribution is -0.385. The molecule has 19 heavy (non-hydrogen) atoms. The normalized spacial score (nSPS) is 14.5. The van der Waals surface area contributed by atoms with Gasteiger partial charge in [-0.05, 0) is 30.7 Å². The van der Waals surface area contributed by atoms with E-state index in [1.165, 1.54) is 25.0 Å². The maximum absolute atomic E-state index is 10.8. The first-order valence-electron chi connectivity index (χ1n) is 6.60. The van der Waals surface area contributed by atoms with Crippen LogP contribution in [0.25, 0.3) is 0 Å². The number of nitrogens with zero attached hydrogens (tertiary/aromatic N) is 1. The number of hydrogen-bond acceptors (Lipinski definition) is 4. The van der Waals surface area contributed by atoms with Crippen molar-refractivity contribution in [1.82, 2.24) is 0 Å². The van der Waals surface area contributed by atoms with Crippen LogP contribution in [-0.2, 0) is 0 Å². The Hall–Kier alpha value is -1.78. The molecule has 5 nitrogen and oxygen atoms in total. The van der Waals surface area contributed by atoms with E-state index in [1.54, 1.807) is 6.07 Å². The molecule has 1 fully saturated rings. The molecule has 1 aromatic carbocycles. The second-order valence-corrected chi connectivity index (χ2v) is 5.35. The number of benzene rings is 1. The lowest BCUT2D eigenvalue weighted by Crippen LogP contribution is -2.07. The van der Waals surface area contributed by atoms with Gasteiger partial charge in [0.05, 0.1) is 24.2 Å². The molecule has 1 saturated carbocycles. The third kappa shape index (κ3) is 4.12. The Morgan fingerprint density at radius 3 is 2.63 bits per heavy atom. The third-order valence-electron chi connectivity index (χ3n) is 2.88. The van der Waals surface area contributed by atoms with E-state index in [-0.39, 0.29) is 5.69 Å². The van der Waals surface area contributed by atoms with Gasteiger partial charge in [0.1, 0.15) is 0 Å². The van der Waals surface area contributed by atoms with Crippen molar-refractivity contribution in [1.29, 1.82) is 0 Å². The Morgan fingerprint density at radius 2 is 2.05 bits per heavy atom. The molecule has 0 aliphatic heterocycles. The van der Waals surface area contributed by atoms with Crippen LogP contribution in [0.5, 0.6) is 11.5 Å². The first-order chi connectivity index (χ1) is 9.06. The van der Waals surface area contributed by atoms with Crippen LogP contribution in [0.15, 0.2) is 18.2 Å². The number of ether oxygens (including phenoxy) is 2. The predicted octanol–water partition coefficient (Wildman–Crippen LogP) is 3.42. The fourth-order valence-electron chi connectivity index (χ4n) is 1.59. The molecule has 0 radical (unpaired) electrons.